The standard InChI is InChI=1S/C15H11Cl2N3O4/c1-8-10(16)3-2-4-12(8)19-15(22)14(21)18-9-5-6-11(17)13(7-9)20(23)24/h2-7H,1H3,(H,18,21)(H,19,22). The number of hydrogen-bond acceptors (Lipinski definition) is 4. The van der Waals surface area contributed by atoms with Crippen molar-refractivity contribution < 1.29 is 14.5 Å². The molecule has 0 radical (unpaired) electrons. The van der Waals surface area contributed by atoms with Gasteiger partial charge in [-0.15, -0.1) is 0 Å². The van der Waals surface area contributed by atoms with Crippen LogP contribution in [0.3, 0.4) is 0 Å². The van der Waals surface area contributed by atoms with Crippen molar-refractivity contribution in [3.8, 4) is 0 Å². The van der Waals surface area contributed by atoms with E-state index >= 15 is 0 Å². The number of anilines is 2. The highest BCUT2D eigenvalue weighted by Gasteiger charge is 2.18. The third-order valence-electron chi connectivity index (χ3n) is 3.12. The Labute approximate surface area is 146 Å². The molecule has 0 aliphatic heterocycles. The van der Waals surface area contributed by atoms with Crippen molar-refractivity contribution in [2.75, 3.05) is 10.6 Å². The number of benzene rings is 2. The maximum atomic E-state index is 11.9. The Hall–Kier alpha value is -2.64. The number of hydrogen-bond donors (Lipinski definition) is 2. The van der Waals surface area contributed by atoms with E-state index in [4.69, 9.17) is 23.2 Å². The van der Waals surface area contributed by atoms with E-state index in [-0.39, 0.29) is 16.4 Å². The van der Waals surface area contributed by atoms with Crippen LogP contribution in [0.15, 0.2) is 36.4 Å². The Morgan fingerprint density at radius 3 is 2.38 bits per heavy atom. The predicted octanol–water partition coefficient (Wildman–Crippen LogP) is 3.79. The molecule has 2 N–H and O–H groups in total. The Bertz CT molecular complexity index is 839. The summed E-state index contributed by atoms with van der Waals surface area (Å²) in [6, 6.07) is 8.56. The molecule has 0 saturated heterocycles. The summed E-state index contributed by atoms with van der Waals surface area (Å²) in [5.41, 5.74) is 0.710. The van der Waals surface area contributed by atoms with Crippen molar-refractivity contribution in [2.45, 2.75) is 6.92 Å². The number of nitro groups is 1. The van der Waals surface area contributed by atoms with E-state index in [2.05, 4.69) is 10.6 Å². The maximum Gasteiger partial charge on any atom is 0.314 e. The van der Waals surface area contributed by atoms with Crippen molar-refractivity contribution in [3.05, 3.63) is 62.1 Å². The second-order valence-corrected chi connectivity index (χ2v) is 5.56. The van der Waals surface area contributed by atoms with Crippen molar-refractivity contribution in [1.82, 2.24) is 0 Å². The lowest BCUT2D eigenvalue weighted by atomic mass is 10.2. The molecule has 9 heteroatoms. The van der Waals surface area contributed by atoms with E-state index in [0.717, 1.165) is 6.07 Å². The van der Waals surface area contributed by atoms with Crippen LogP contribution in [0.1, 0.15) is 5.56 Å². The lowest BCUT2D eigenvalue weighted by Crippen LogP contribution is -2.29. The molecular formula is C15H11Cl2N3O4. The molecule has 124 valence electrons. The topological polar surface area (TPSA) is 101 Å². The van der Waals surface area contributed by atoms with Gasteiger partial charge in [-0.25, -0.2) is 0 Å². The van der Waals surface area contributed by atoms with Gasteiger partial charge in [0.15, 0.2) is 0 Å². The Morgan fingerprint density at radius 2 is 1.71 bits per heavy atom. The second kappa shape index (κ2) is 7.29. The Balaban J connectivity index is 2.12. The van der Waals surface area contributed by atoms with Crippen LogP contribution in [0.4, 0.5) is 17.1 Å². The van der Waals surface area contributed by atoms with Crippen LogP contribution in [0.25, 0.3) is 0 Å². The van der Waals surface area contributed by atoms with Gasteiger partial charge in [0.1, 0.15) is 5.02 Å². The van der Waals surface area contributed by atoms with Crippen molar-refractivity contribution >= 4 is 52.1 Å². The van der Waals surface area contributed by atoms with E-state index in [1.54, 1.807) is 25.1 Å². The zero-order chi connectivity index (χ0) is 17.9. The van der Waals surface area contributed by atoms with Gasteiger partial charge in [-0.1, -0.05) is 29.3 Å². The van der Waals surface area contributed by atoms with Crippen LogP contribution < -0.4 is 10.6 Å². The molecule has 0 saturated carbocycles. The highest BCUT2D eigenvalue weighted by molar-refractivity contribution is 6.44. The highest BCUT2D eigenvalue weighted by atomic mass is 35.5. The van der Waals surface area contributed by atoms with Crippen LogP contribution in [0.2, 0.25) is 10.0 Å². The van der Waals surface area contributed by atoms with Gasteiger partial charge in [-0.2, -0.15) is 0 Å². The number of nitrogens with one attached hydrogen (secondary N) is 2. The molecule has 0 heterocycles. The monoisotopic (exact) mass is 367 g/mol. The Kier molecular flexibility index (Phi) is 5.38. The summed E-state index contributed by atoms with van der Waals surface area (Å²) in [7, 11) is 0. The maximum absolute atomic E-state index is 11.9. The van der Waals surface area contributed by atoms with E-state index in [1.165, 1.54) is 12.1 Å². The molecule has 0 bridgehead atoms. The molecule has 2 rings (SSSR count). The summed E-state index contributed by atoms with van der Waals surface area (Å²) >= 11 is 11.6. The summed E-state index contributed by atoms with van der Waals surface area (Å²) in [5.74, 6) is -1.91. The van der Waals surface area contributed by atoms with Crippen LogP contribution in [-0.2, 0) is 9.59 Å². The molecular weight excluding hydrogens is 357 g/mol. The van der Waals surface area contributed by atoms with Gasteiger partial charge in [-0.3, -0.25) is 19.7 Å². The van der Waals surface area contributed by atoms with Gasteiger partial charge in [0.25, 0.3) is 5.69 Å². The molecule has 2 aromatic rings. The average Bonchev–Trinajstić information content (AvgIpc) is 2.53. The fourth-order valence-corrected chi connectivity index (χ4v) is 2.20. The first-order valence-electron chi connectivity index (χ1n) is 6.61. The number of carbonyl (C=O) groups excluding carboxylic acids is 2. The molecule has 0 spiro atoms. The van der Waals surface area contributed by atoms with Crippen LogP contribution in [0.5, 0.6) is 0 Å². The van der Waals surface area contributed by atoms with Gasteiger partial charge in [0, 0.05) is 22.5 Å². The number of carbonyl (C=O) groups is 2. The lowest BCUT2D eigenvalue weighted by Gasteiger charge is -2.10. The zero-order valence-electron chi connectivity index (χ0n) is 12.3. The van der Waals surface area contributed by atoms with E-state index in [9.17, 15) is 19.7 Å². The molecule has 0 aromatic heterocycles. The summed E-state index contributed by atoms with van der Waals surface area (Å²) in [6.45, 7) is 1.69. The van der Waals surface area contributed by atoms with Crippen molar-refractivity contribution in [2.24, 2.45) is 0 Å². The van der Waals surface area contributed by atoms with Gasteiger partial charge < -0.3 is 10.6 Å². The predicted molar refractivity (Wildman–Crippen MR) is 91.6 cm³/mol. The minimum Gasteiger partial charge on any atom is -0.318 e. The number of amides is 2. The quantitative estimate of drug-likeness (QED) is 0.489. The minimum absolute atomic E-state index is 0.0722. The van der Waals surface area contributed by atoms with Crippen LogP contribution in [-0.4, -0.2) is 16.7 Å². The molecule has 0 aliphatic carbocycles. The minimum atomic E-state index is -0.981. The molecule has 24 heavy (non-hydrogen) atoms. The van der Waals surface area contributed by atoms with Gasteiger partial charge in [0.05, 0.1) is 4.92 Å². The molecule has 0 fully saturated rings. The van der Waals surface area contributed by atoms with Gasteiger partial charge in [-0.05, 0) is 36.8 Å². The lowest BCUT2D eigenvalue weighted by molar-refractivity contribution is -0.384. The first-order chi connectivity index (χ1) is 11.3. The van der Waals surface area contributed by atoms with E-state index in [1.807, 2.05) is 0 Å². The third-order valence-corrected chi connectivity index (χ3v) is 3.85. The number of rotatable bonds is 3. The number of nitro benzene ring substituents is 1. The Morgan fingerprint density at radius 1 is 1.04 bits per heavy atom. The van der Waals surface area contributed by atoms with Crippen molar-refractivity contribution in [3.63, 3.8) is 0 Å². The SMILES string of the molecule is Cc1c(Cl)cccc1NC(=O)C(=O)Nc1ccc(Cl)c([N+](=O)[O-])c1. The van der Waals surface area contributed by atoms with E-state index in [0.29, 0.717) is 16.3 Å². The summed E-state index contributed by atoms with van der Waals surface area (Å²) in [5, 5.41) is 15.9. The fourth-order valence-electron chi connectivity index (χ4n) is 1.84. The first-order valence-corrected chi connectivity index (χ1v) is 7.36. The molecule has 7 nitrogen and oxygen atoms in total. The third kappa shape index (κ3) is 4.01. The summed E-state index contributed by atoms with van der Waals surface area (Å²) < 4.78 is 0. The number of halogens is 2. The first kappa shape index (κ1) is 17.7. The molecule has 0 atom stereocenters. The van der Waals surface area contributed by atoms with E-state index < -0.39 is 16.7 Å². The molecule has 0 unspecified atom stereocenters. The summed E-state index contributed by atoms with van der Waals surface area (Å²) in [6.07, 6.45) is 0. The van der Waals surface area contributed by atoms with Crippen LogP contribution in [0, 0.1) is 17.0 Å². The molecule has 0 aliphatic rings. The average molecular weight is 368 g/mol. The zero-order valence-corrected chi connectivity index (χ0v) is 13.8. The molecule has 2 aromatic carbocycles. The largest absolute Gasteiger partial charge is 0.318 e. The normalized spacial score (nSPS) is 10.1. The van der Waals surface area contributed by atoms with Crippen LogP contribution >= 0.6 is 23.2 Å². The molecule has 2 amide bonds. The second-order valence-electron chi connectivity index (χ2n) is 4.74. The number of nitrogens with zero attached hydrogens (tertiary/aromatic N) is 1. The summed E-state index contributed by atoms with van der Waals surface area (Å²) in [4.78, 5) is 34.0. The smallest absolute Gasteiger partial charge is 0.314 e. The van der Waals surface area contributed by atoms with Gasteiger partial charge in [0.2, 0.25) is 0 Å². The van der Waals surface area contributed by atoms with Crippen molar-refractivity contribution in [1.29, 1.82) is 0 Å². The van der Waals surface area contributed by atoms with Gasteiger partial charge >= 0.3 is 11.8 Å². The fraction of sp³-hybridized carbons (Fsp3) is 0.0667. The highest BCUT2D eigenvalue weighted by Crippen LogP contribution is 2.27.